The second-order valence-corrected chi connectivity index (χ2v) is 10.2. The van der Waals surface area contributed by atoms with Gasteiger partial charge in [0.25, 0.3) is 0 Å². The van der Waals surface area contributed by atoms with Crippen LogP contribution in [0, 0.1) is 0 Å². The Hall–Kier alpha value is -5.95. The molecule has 232 valence electrons. The van der Waals surface area contributed by atoms with Crippen LogP contribution in [-0.4, -0.2) is 62.6 Å². The molecule has 0 bridgehead atoms. The Labute approximate surface area is 268 Å². The highest BCUT2D eigenvalue weighted by molar-refractivity contribution is 6.30. The number of amides is 2. The minimum absolute atomic E-state index is 0.0132. The maximum absolute atomic E-state index is 13.4. The first-order chi connectivity index (χ1) is 22.3. The molecule has 0 aliphatic heterocycles. The van der Waals surface area contributed by atoms with E-state index in [1.165, 1.54) is 31.3 Å². The molecule has 5 aromatic rings. The predicted octanol–water partition coefficient (Wildman–Crippen LogP) is 4.85. The average Bonchev–Trinajstić information content (AvgIpc) is 3.62. The van der Waals surface area contributed by atoms with Crippen LogP contribution in [0.15, 0.2) is 91.3 Å². The van der Waals surface area contributed by atoms with E-state index >= 15 is 0 Å². The Morgan fingerprint density at radius 1 is 0.957 bits per heavy atom. The number of methoxy groups -OCH3 is 2. The second kappa shape index (κ2) is 14.7. The van der Waals surface area contributed by atoms with Crippen LogP contribution in [0.25, 0.3) is 22.9 Å². The average molecular weight is 639 g/mol. The standard InChI is InChI=1S/C32H27ClN8O5/c1-45-31(43)30-25(21-8-12-24(13-9-21)35-32(44)46-2)18-27(37-38-30)26(16-20-6-4-3-5-7-20)36-29(42)15-10-22-17-23(33)11-14-28(22)41-19-34-39-40-41/h3-15,17-19,26H,16H2,1-2H3,(H,35,44)(H,36,42)/b15-10+. The molecule has 46 heavy (non-hydrogen) atoms. The number of carbonyl (C=O) groups is 3. The Kier molecular flexibility index (Phi) is 10.0. The Morgan fingerprint density at radius 3 is 2.43 bits per heavy atom. The van der Waals surface area contributed by atoms with Gasteiger partial charge in [0.15, 0.2) is 5.69 Å². The van der Waals surface area contributed by atoms with Gasteiger partial charge in [0.2, 0.25) is 5.91 Å². The quantitative estimate of drug-likeness (QED) is 0.160. The summed E-state index contributed by atoms with van der Waals surface area (Å²) in [6.45, 7) is 0. The molecular weight excluding hydrogens is 612 g/mol. The van der Waals surface area contributed by atoms with Crippen molar-refractivity contribution in [3.63, 3.8) is 0 Å². The molecule has 13 nitrogen and oxygen atoms in total. The first kappa shape index (κ1) is 31.5. The largest absolute Gasteiger partial charge is 0.464 e. The molecule has 0 aliphatic carbocycles. The molecule has 5 rings (SSSR count). The summed E-state index contributed by atoms with van der Waals surface area (Å²) in [6, 6.07) is 22.5. The highest BCUT2D eigenvalue weighted by atomic mass is 35.5. The van der Waals surface area contributed by atoms with E-state index in [9.17, 15) is 14.4 Å². The van der Waals surface area contributed by atoms with Crippen molar-refractivity contribution in [1.82, 2.24) is 35.7 Å². The van der Waals surface area contributed by atoms with Crippen LogP contribution in [-0.2, 0) is 20.7 Å². The number of carbonyl (C=O) groups excluding carboxylic acids is 3. The van der Waals surface area contributed by atoms with E-state index in [1.54, 1.807) is 54.6 Å². The van der Waals surface area contributed by atoms with Gasteiger partial charge < -0.3 is 14.8 Å². The summed E-state index contributed by atoms with van der Waals surface area (Å²) in [7, 11) is 2.52. The molecule has 1 unspecified atom stereocenters. The maximum Gasteiger partial charge on any atom is 0.411 e. The highest BCUT2D eigenvalue weighted by Gasteiger charge is 2.23. The maximum atomic E-state index is 13.4. The number of tetrazole rings is 1. The van der Waals surface area contributed by atoms with Crippen LogP contribution in [0.1, 0.15) is 33.4 Å². The van der Waals surface area contributed by atoms with Crippen molar-refractivity contribution in [3.8, 4) is 16.8 Å². The zero-order chi connectivity index (χ0) is 32.5. The number of nitrogens with one attached hydrogen (secondary N) is 2. The van der Waals surface area contributed by atoms with Crippen molar-refractivity contribution < 1.29 is 23.9 Å². The number of halogens is 1. The summed E-state index contributed by atoms with van der Waals surface area (Å²) >= 11 is 6.23. The molecule has 0 spiro atoms. The number of anilines is 1. The molecule has 3 aromatic carbocycles. The Balaban J connectivity index is 1.48. The first-order valence-electron chi connectivity index (χ1n) is 13.8. The molecular formula is C32H27ClN8O5. The van der Waals surface area contributed by atoms with E-state index in [0.29, 0.717) is 45.2 Å². The Morgan fingerprint density at radius 2 is 1.74 bits per heavy atom. The summed E-state index contributed by atoms with van der Waals surface area (Å²) in [5, 5.41) is 25.9. The molecule has 0 fully saturated rings. The number of hydrogen-bond donors (Lipinski definition) is 2. The normalized spacial score (nSPS) is 11.5. The lowest BCUT2D eigenvalue weighted by Crippen LogP contribution is -2.29. The third kappa shape index (κ3) is 7.76. The van der Waals surface area contributed by atoms with Crippen molar-refractivity contribution in [1.29, 1.82) is 0 Å². The van der Waals surface area contributed by atoms with E-state index in [1.807, 2.05) is 30.3 Å². The van der Waals surface area contributed by atoms with Crippen LogP contribution in [0.2, 0.25) is 5.02 Å². The third-order valence-corrected chi connectivity index (χ3v) is 7.01. The zero-order valence-corrected chi connectivity index (χ0v) is 25.4. The number of benzene rings is 3. The van der Waals surface area contributed by atoms with Crippen molar-refractivity contribution in [2.45, 2.75) is 12.5 Å². The molecule has 1 atom stereocenters. The summed E-state index contributed by atoms with van der Waals surface area (Å²) in [6.07, 6.45) is 4.18. The van der Waals surface area contributed by atoms with E-state index in [4.69, 9.17) is 16.3 Å². The number of hydrogen-bond acceptors (Lipinski definition) is 10. The predicted molar refractivity (Wildman–Crippen MR) is 169 cm³/mol. The number of ether oxygens (including phenoxy) is 2. The van der Waals surface area contributed by atoms with Crippen LogP contribution >= 0.6 is 11.6 Å². The van der Waals surface area contributed by atoms with Gasteiger partial charge in [0, 0.05) is 27.9 Å². The SMILES string of the molecule is COC(=O)Nc1ccc(-c2cc(C(Cc3ccccc3)NC(=O)/C=C/c3cc(Cl)ccc3-n3cnnn3)nnc2C(=O)OC)cc1. The molecule has 14 heteroatoms. The minimum Gasteiger partial charge on any atom is -0.464 e. The molecule has 2 N–H and O–H groups in total. The highest BCUT2D eigenvalue weighted by Crippen LogP contribution is 2.28. The van der Waals surface area contributed by atoms with Gasteiger partial charge in [0.1, 0.15) is 6.33 Å². The van der Waals surface area contributed by atoms with Gasteiger partial charge in [-0.25, -0.2) is 9.59 Å². The van der Waals surface area contributed by atoms with E-state index in [0.717, 1.165) is 5.56 Å². The van der Waals surface area contributed by atoms with Crippen molar-refractivity contribution >= 4 is 41.3 Å². The lowest BCUT2D eigenvalue weighted by Gasteiger charge is -2.19. The van der Waals surface area contributed by atoms with Crippen LogP contribution in [0.3, 0.4) is 0 Å². The smallest absolute Gasteiger partial charge is 0.411 e. The summed E-state index contributed by atoms with van der Waals surface area (Å²) in [4.78, 5) is 37.6. The molecule has 2 amide bonds. The number of esters is 1. The van der Waals surface area contributed by atoms with Crippen LogP contribution in [0.4, 0.5) is 10.5 Å². The van der Waals surface area contributed by atoms with Gasteiger partial charge >= 0.3 is 12.1 Å². The molecule has 0 saturated carbocycles. The van der Waals surface area contributed by atoms with Crippen molar-refractivity contribution in [2.24, 2.45) is 0 Å². The monoisotopic (exact) mass is 638 g/mol. The lowest BCUT2D eigenvalue weighted by atomic mass is 9.98. The van der Waals surface area contributed by atoms with Gasteiger partial charge in [-0.3, -0.25) is 10.1 Å². The lowest BCUT2D eigenvalue weighted by molar-refractivity contribution is -0.117. The minimum atomic E-state index is -0.683. The number of aromatic nitrogens is 6. The van der Waals surface area contributed by atoms with Crippen LogP contribution in [0.5, 0.6) is 0 Å². The molecule has 0 saturated heterocycles. The molecule has 0 radical (unpaired) electrons. The molecule has 0 aliphatic rings. The van der Waals surface area contributed by atoms with Gasteiger partial charge in [-0.05, 0) is 70.4 Å². The number of nitrogens with zero attached hydrogens (tertiary/aromatic N) is 6. The van der Waals surface area contributed by atoms with Crippen LogP contribution < -0.4 is 10.6 Å². The summed E-state index contributed by atoms with van der Waals surface area (Å²) < 4.78 is 11.1. The topological polar surface area (TPSA) is 163 Å². The van der Waals surface area contributed by atoms with Crippen molar-refractivity contribution in [3.05, 3.63) is 119 Å². The van der Waals surface area contributed by atoms with E-state index < -0.39 is 24.0 Å². The Bertz CT molecular complexity index is 1870. The van der Waals surface area contributed by atoms with E-state index in [-0.39, 0.29) is 5.69 Å². The van der Waals surface area contributed by atoms with Gasteiger partial charge in [-0.15, -0.1) is 10.2 Å². The number of rotatable bonds is 10. The summed E-state index contributed by atoms with van der Waals surface area (Å²) in [5.41, 5.74) is 4.09. The van der Waals surface area contributed by atoms with E-state index in [2.05, 4.69) is 41.1 Å². The zero-order valence-electron chi connectivity index (χ0n) is 24.6. The first-order valence-corrected chi connectivity index (χ1v) is 14.2. The van der Waals surface area contributed by atoms with Gasteiger partial charge in [0.05, 0.1) is 31.6 Å². The second-order valence-electron chi connectivity index (χ2n) is 9.76. The van der Waals surface area contributed by atoms with Gasteiger partial charge in [-0.2, -0.15) is 9.78 Å². The molecule has 2 heterocycles. The fourth-order valence-electron chi connectivity index (χ4n) is 4.55. The van der Waals surface area contributed by atoms with Gasteiger partial charge in [-0.1, -0.05) is 54.1 Å². The fraction of sp³-hybridized carbons (Fsp3) is 0.125. The third-order valence-electron chi connectivity index (χ3n) is 6.78. The fourth-order valence-corrected chi connectivity index (χ4v) is 4.73. The van der Waals surface area contributed by atoms with Crippen molar-refractivity contribution in [2.75, 3.05) is 19.5 Å². The molecule has 2 aromatic heterocycles. The summed E-state index contributed by atoms with van der Waals surface area (Å²) in [5.74, 6) is -1.10.